The molecule has 0 aliphatic heterocycles. The highest BCUT2D eigenvalue weighted by Gasteiger charge is 2.15. The molecule has 0 saturated heterocycles. The molecule has 0 N–H and O–H groups in total. The van der Waals surface area contributed by atoms with Crippen LogP contribution in [-0.2, 0) is 6.54 Å². The Hall–Kier alpha value is -2.08. The second-order valence-corrected chi connectivity index (χ2v) is 6.05. The van der Waals surface area contributed by atoms with Crippen LogP contribution in [0.2, 0.25) is 0 Å². The van der Waals surface area contributed by atoms with Crippen LogP contribution in [0.15, 0.2) is 53.3 Å². The van der Waals surface area contributed by atoms with Gasteiger partial charge in [0.1, 0.15) is 0 Å². The molecule has 3 aromatic rings. The lowest BCUT2D eigenvalue weighted by Gasteiger charge is -2.06. The molecule has 5 nitrogen and oxygen atoms in total. The Morgan fingerprint density at radius 3 is 2.86 bits per heavy atom. The van der Waals surface area contributed by atoms with E-state index in [1.54, 1.807) is 18.0 Å². The van der Waals surface area contributed by atoms with E-state index in [9.17, 15) is 0 Å². The Morgan fingerprint density at radius 1 is 1.24 bits per heavy atom. The first kappa shape index (κ1) is 13.9. The third-order valence-electron chi connectivity index (χ3n) is 3.07. The molecule has 1 atom stereocenters. The molecule has 2 aromatic heterocycles. The summed E-state index contributed by atoms with van der Waals surface area (Å²) in [6.45, 7) is 2.96. The molecule has 0 radical (unpaired) electrons. The molecule has 0 bridgehead atoms. The van der Waals surface area contributed by atoms with E-state index in [0.29, 0.717) is 11.7 Å². The predicted molar refractivity (Wildman–Crippen MR) is 82.8 cm³/mol. The first-order chi connectivity index (χ1) is 10.3. The molecular formula is C15H16N4OS. The van der Waals surface area contributed by atoms with Crippen LogP contribution < -0.4 is 0 Å². The van der Waals surface area contributed by atoms with Crippen LogP contribution >= 0.6 is 11.8 Å². The second-order valence-electron chi connectivity index (χ2n) is 4.60. The van der Waals surface area contributed by atoms with E-state index >= 15 is 0 Å². The predicted octanol–water partition coefficient (Wildman–Crippen LogP) is 3.43. The van der Waals surface area contributed by atoms with E-state index < -0.39 is 0 Å². The van der Waals surface area contributed by atoms with Crippen molar-refractivity contribution in [2.75, 3.05) is 5.75 Å². The summed E-state index contributed by atoms with van der Waals surface area (Å²) in [6, 6.07) is 11.8. The molecule has 6 heteroatoms. The SMILES string of the molecule is CC(SCCn1cccn1)c1nc(-c2ccccc2)no1. The fourth-order valence-corrected chi connectivity index (χ4v) is 2.82. The van der Waals surface area contributed by atoms with Gasteiger partial charge in [0.2, 0.25) is 11.7 Å². The van der Waals surface area contributed by atoms with Gasteiger partial charge in [0.15, 0.2) is 0 Å². The van der Waals surface area contributed by atoms with Crippen molar-refractivity contribution in [2.45, 2.75) is 18.7 Å². The fourth-order valence-electron chi connectivity index (χ4n) is 1.93. The molecule has 0 aliphatic rings. The minimum atomic E-state index is 0.172. The second kappa shape index (κ2) is 6.58. The molecule has 108 valence electrons. The normalized spacial score (nSPS) is 12.4. The molecule has 0 fully saturated rings. The van der Waals surface area contributed by atoms with E-state index in [4.69, 9.17) is 4.52 Å². The molecule has 1 unspecified atom stereocenters. The maximum absolute atomic E-state index is 5.36. The Balaban J connectivity index is 1.58. The number of nitrogens with zero attached hydrogens (tertiary/aromatic N) is 4. The highest BCUT2D eigenvalue weighted by atomic mass is 32.2. The Bertz CT molecular complexity index is 666. The van der Waals surface area contributed by atoms with Crippen molar-refractivity contribution in [1.82, 2.24) is 19.9 Å². The average Bonchev–Trinajstić information content (AvgIpc) is 3.20. The van der Waals surface area contributed by atoms with Gasteiger partial charge in [-0.2, -0.15) is 10.1 Å². The Morgan fingerprint density at radius 2 is 2.10 bits per heavy atom. The van der Waals surface area contributed by atoms with Gasteiger partial charge in [-0.05, 0) is 13.0 Å². The maximum Gasteiger partial charge on any atom is 0.239 e. The van der Waals surface area contributed by atoms with Crippen molar-refractivity contribution in [3.63, 3.8) is 0 Å². The minimum Gasteiger partial charge on any atom is -0.338 e. The van der Waals surface area contributed by atoms with Crippen LogP contribution in [0.3, 0.4) is 0 Å². The molecule has 0 saturated carbocycles. The number of benzene rings is 1. The Labute approximate surface area is 127 Å². The van der Waals surface area contributed by atoms with Gasteiger partial charge in [-0.3, -0.25) is 4.68 Å². The van der Waals surface area contributed by atoms with Crippen LogP contribution in [0.1, 0.15) is 18.1 Å². The van der Waals surface area contributed by atoms with Crippen LogP contribution in [0.5, 0.6) is 0 Å². The zero-order chi connectivity index (χ0) is 14.5. The first-order valence-corrected chi connectivity index (χ1v) is 7.86. The fraction of sp³-hybridized carbons (Fsp3) is 0.267. The molecular weight excluding hydrogens is 284 g/mol. The summed E-state index contributed by atoms with van der Waals surface area (Å²) < 4.78 is 7.28. The lowest BCUT2D eigenvalue weighted by atomic mass is 10.2. The summed E-state index contributed by atoms with van der Waals surface area (Å²) >= 11 is 1.78. The minimum absolute atomic E-state index is 0.172. The van der Waals surface area contributed by atoms with E-state index in [1.807, 2.05) is 47.3 Å². The van der Waals surface area contributed by atoms with E-state index in [-0.39, 0.29) is 5.25 Å². The maximum atomic E-state index is 5.36. The zero-order valence-electron chi connectivity index (χ0n) is 11.7. The van der Waals surface area contributed by atoms with Crippen molar-refractivity contribution in [3.05, 3.63) is 54.7 Å². The van der Waals surface area contributed by atoms with Crippen LogP contribution in [0.25, 0.3) is 11.4 Å². The lowest BCUT2D eigenvalue weighted by molar-refractivity contribution is 0.380. The van der Waals surface area contributed by atoms with Crippen molar-refractivity contribution in [3.8, 4) is 11.4 Å². The summed E-state index contributed by atoms with van der Waals surface area (Å²) in [5, 5.41) is 8.40. The smallest absolute Gasteiger partial charge is 0.239 e. The van der Waals surface area contributed by atoms with Gasteiger partial charge >= 0.3 is 0 Å². The van der Waals surface area contributed by atoms with Crippen molar-refractivity contribution in [2.24, 2.45) is 0 Å². The van der Waals surface area contributed by atoms with Gasteiger partial charge in [-0.15, -0.1) is 11.8 Å². The zero-order valence-corrected chi connectivity index (χ0v) is 12.5. The number of rotatable bonds is 6. The summed E-state index contributed by atoms with van der Waals surface area (Å²) in [5.74, 6) is 2.26. The van der Waals surface area contributed by atoms with Gasteiger partial charge < -0.3 is 4.52 Å². The third-order valence-corrected chi connectivity index (χ3v) is 4.19. The molecule has 3 rings (SSSR count). The van der Waals surface area contributed by atoms with E-state index in [2.05, 4.69) is 22.2 Å². The first-order valence-electron chi connectivity index (χ1n) is 6.81. The monoisotopic (exact) mass is 300 g/mol. The summed E-state index contributed by atoms with van der Waals surface area (Å²) in [6.07, 6.45) is 3.75. The third kappa shape index (κ3) is 3.52. The van der Waals surface area contributed by atoms with Gasteiger partial charge in [0.05, 0.1) is 5.25 Å². The molecule has 2 heterocycles. The number of hydrogen-bond donors (Lipinski definition) is 0. The van der Waals surface area contributed by atoms with Gasteiger partial charge in [-0.25, -0.2) is 0 Å². The highest BCUT2D eigenvalue weighted by molar-refractivity contribution is 7.99. The van der Waals surface area contributed by atoms with E-state index in [0.717, 1.165) is 17.9 Å². The largest absolute Gasteiger partial charge is 0.338 e. The van der Waals surface area contributed by atoms with Crippen LogP contribution in [-0.4, -0.2) is 25.7 Å². The molecule has 21 heavy (non-hydrogen) atoms. The standard InChI is InChI=1S/C15H16N4OS/c1-12(21-11-10-19-9-5-8-16-19)15-17-14(18-20-15)13-6-3-2-4-7-13/h2-9,12H,10-11H2,1H3. The molecule has 0 aliphatic carbocycles. The summed E-state index contributed by atoms with van der Waals surface area (Å²) in [5.41, 5.74) is 0.973. The number of aromatic nitrogens is 4. The molecule has 0 spiro atoms. The topological polar surface area (TPSA) is 56.7 Å². The van der Waals surface area contributed by atoms with Gasteiger partial charge in [0.25, 0.3) is 0 Å². The van der Waals surface area contributed by atoms with Crippen molar-refractivity contribution in [1.29, 1.82) is 0 Å². The van der Waals surface area contributed by atoms with Crippen molar-refractivity contribution >= 4 is 11.8 Å². The lowest BCUT2D eigenvalue weighted by Crippen LogP contribution is -2.02. The highest BCUT2D eigenvalue weighted by Crippen LogP contribution is 2.28. The number of thioether (sulfide) groups is 1. The number of aryl methyl sites for hydroxylation is 1. The van der Waals surface area contributed by atoms with Crippen LogP contribution in [0.4, 0.5) is 0 Å². The van der Waals surface area contributed by atoms with Crippen molar-refractivity contribution < 1.29 is 4.52 Å². The van der Waals surface area contributed by atoms with E-state index in [1.165, 1.54) is 0 Å². The summed E-state index contributed by atoms with van der Waals surface area (Å²) in [7, 11) is 0. The van der Waals surface area contributed by atoms with Gasteiger partial charge in [-0.1, -0.05) is 35.5 Å². The van der Waals surface area contributed by atoms with Crippen LogP contribution in [0, 0.1) is 0 Å². The average molecular weight is 300 g/mol. The summed E-state index contributed by atoms with van der Waals surface area (Å²) in [4.78, 5) is 4.48. The Kier molecular flexibility index (Phi) is 4.35. The number of hydrogen-bond acceptors (Lipinski definition) is 5. The quantitative estimate of drug-likeness (QED) is 0.698. The molecule has 1 aromatic carbocycles. The van der Waals surface area contributed by atoms with Gasteiger partial charge in [0, 0.05) is 30.3 Å². The molecule has 0 amide bonds.